The summed E-state index contributed by atoms with van der Waals surface area (Å²) in [6, 6.07) is -3.56. The van der Waals surface area contributed by atoms with Crippen LogP contribution < -0.4 is 34.0 Å². The molecule has 19 N–H and O–H groups in total. The van der Waals surface area contributed by atoms with E-state index in [1.165, 1.54) is 0 Å². The summed E-state index contributed by atoms with van der Waals surface area (Å²) < 4.78 is 22.6. The van der Waals surface area contributed by atoms with Crippen LogP contribution in [0.25, 0.3) is 0 Å². The molecule has 0 aromatic carbocycles. The van der Waals surface area contributed by atoms with Crippen molar-refractivity contribution in [2.75, 3.05) is 19.7 Å². The van der Waals surface area contributed by atoms with E-state index in [1.807, 2.05) is 0 Å². The SMILES string of the molecule is NC[C@H]1O[C@H](O[C@H]2[C@H](O)[C@@H](O[C@H]3O[C@H](CO)[C@@H](O)[C@H](N)[C@H]3O)[C@H](NC(=O)[C@@H](O)CCN=C(N)N)C[C@@H]2N)[C@H](O)[C@@H](O)[C@@H]1O. The van der Waals surface area contributed by atoms with Gasteiger partial charge in [0.25, 0.3) is 0 Å². The van der Waals surface area contributed by atoms with E-state index in [2.05, 4.69) is 10.3 Å². The molecule has 16 atom stereocenters. The summed E-state index contributed by atoms with van der Waals surface area (Å²) in [7, 11) is 0. The number of ether oxygens (including phenoxy) is 4. The lowest BCUT2D eigenvalue weighted by Crippen LogP contribution is -2.69. The zero-order valence-corrected chi connectivity index (χ0v) is 23.2. The number of hydrogen-bond donors (Lipinski definition) is 14. The minimum Gasteiger partial charge on any atom is -0.394 e. The van der Waals surface area contributed by atoms with E-state index in [0.717, 1.165) is 0 Å². The second-order valence-corrected chi connectivity index (χ2v) is 10.9. The number of guanidine groups is 1. The fourth-order valence-electron chi connectivity index (χ4n) is 5.23. The molecule has 2 saturated heterocycles. The molecular weight excluding hydrogens is 582 g/mol. The van der Waals surface area contributed by atoms with Crippen LogP contribution in [0.1, 0.15) is 12.8 Å². The third kappa shape index (κ3) is 8.25. The van der Waals surface area contributed by atoms with Crippen LogP contribution in [0.5, 0.6) is 0 Å². The highest BCUT2D eigenvalue weighted by Gasteiger charge is 2.52. The Morgan fingerprint density at radius 2 is 1.49 bits per heavy atom. The fraction of sp³-hybridized carbons (Fsp3) is 0.913. The molecule has 3 aliphatic rings. The molecule has 250 valence electrons. The van der Waals surface area contributed by atoms with Gasteiger partial charge in [0, 0.05) is 25.6 Å². The maximum Gasteiger partial charge on any atom is 0.249 e. The van der Waals surface area contributed by atoms with Gasteiger partial charge in [-0.3, -0.25) is 9.79 Å². The quantitative estimate of drug-likeness (QED) is 0.0746. The summed E-state index contributed by atoms with van der Waals surface area (Å²) in [5.41, 5.74) is 28.2. The number of aliphatic imine (C=N–C) groups is 1. The molecule has 1 saturated carbocycles. The molecule has 1 amide bonds. The summed E-state index contributed by atoms with van der Waals surface area (Å²) in [5, 5.41) is 85.4. The largest absolute Gasteiger partial charge is 0.394 e. The molecule has 0 aromatic rings. The van der Waals surface area contributed by atoms with E-state index in [9.17, 15) is 45.6 Å². The number of aliphatic hydroxyl groups is 8. The Morgan fingerprint density at radius 3 is 2.09 bits per heavy atom. The number of amides is 1. The van der Waals surface area contributed by atoms with Crippen LogP contribution in [0, 0.1) is 0 Å². The van der Waals surface area contributed by atoms with Crippen LogP contribution in [0.2, 0.25) is 0 Å². The Bertz CT molecular complexity index is 932. The Kier molecular flexibility index (Phi) is 12.8. The third-order valence-corrected chi connectivity index (χ3v) is 7.77. The van der Waals surface area contributed by atoms with E-state index in [0.29, 0.717) is 0 Å². The highest BCUT2D eigenvalue weighted by Crippen LogP contribution is 2.32. The second-order valence-electron chi connectivity index (χ2n) is 10.9. The van der Waals surface area contributed by atoms with Gasteiger partial charge in [-0.15, -0.1) is 0 Å². The molecule has 3 rings (SSSR count). The first kappa shape index (κ1) is 35.6. The van der Waals surface area contributed by atoms with Crippen molar-refractivity contribution in [3.63, 3.8) is 0 Å². The summed E-state index contributed by atoms with van der Waals surface area (Å²) in [4.78, 5) is 16.5. The number of nitrogens with zero attached hydrogens (tertiary/aromatic N) is 1. The van der Waals surface area contributed by atoms with Crippen molar-refractivity contribution in [1.82, 2.24) is 5.32 Å². The van der Waals surface area contributed by atoms with E-state index in [1.54, 1.807) is 0 Å². The van der Waals surface area contributed by atoms with Crippen LogP contribution in [0.4, 0.5) is 0 Å². The normalized spacial score (nSPS) is 44.4. The van der Waals surface area contributed by atoms with Crippen molar-refractivity contribution in [2.24, 2.45) is 33.7 Å². The lowest BCUT2D eigenvalue weighted by atomic mass is 9.83. The smallest absolute Gasteiger partial charge is 0.249 e. The van der Waals surface area contributed by atoms with Crippen molar-refractivity contribution >= 4 is 11.9 Å². The Balaban J connectivity index is 1.83. The summed E-state index contributed by atoms with van der Waals surface area (Å²) in [5.74, 6) is -1.14. The first-order valence-corrected chi connectivity index (χ1v) is 13.8. The van der Waals surface area contributed by atoms with Gasteiger partial charge in [-0.1, -0.05) is 0 Å². The third-order valence-electron chi connectivity index (χ3n) is 7.77. The second kappa shape index (κ2) is 15.4. The van der Waals surface area contributed by atoms with Gasteiger partial charge in [-0.25, -0.2) is 0 Å². The molecule has 20 nitrogen and oxygen atoms in total. The lowest BCUT2D eigenvalue weighted by molar-refractivity contribution is -0.332. The molecule has 20 heteroatoms. The number of hydrogen-bond acceptors (Lipinski definition) is 17. The number of carbonyl (C=O) groups excluding carboxylic acids is 1. The minimum absolute atomic E-state index is 0.0709. The van der Waals surface area contributed by atoms with Gasteiger partial charge in [0.05, 0.1) is 18.7 Å². The first-order valence-electron chi connectivity index (χ1n) is 13.8. The van der Waals surface area contributed by atoms with Crippen molar-refractivity contribution in [1.29, 1.82) is 0 Å². The standard InChI is InChI=1S/C23H45N7O13/c24-4-9-13(34)15(36)16(37)22(40-9)42-18-6(25)3-7(30-20(39)8(32)1-2-29-23(27)28)19(17(18)38)43-21-14(35)11(26)12(33)10(5-31)41-21/h6-19,21-22,31-38H,1-5,24-26H2,(H,30,39)(H4,27,28,29)/t6-,7+,8-,9+,10+,11-,12+,13+,14+,15-,16+,17-,18+,19-,21+,22+/m0/s1. The van der Waals surface area contributed by atoms with Crippen molar-refractivity contribution in [3.05, 3.63) is 0 Å². The number of rotatable bonds is 11. The average molecular weight is 628 g/mol. The molecule has 2 aliphatic heterocycles. The lowest BCUT2D eigenvalue weighted by Gasteiger charge is -2.49. The van der Waals surface area contributed by atoms with E-state index >= 15 is 0 Å². The number of nitrogens with two attached hydrogens (primary N) is 5. The molecule has 0 unspecified atom stereocenters. The van der Waals surface area contributed by atoms with Gasteiger partial charge in [-0.2, -0.15) is 0 Å². The number of aliphatic hydroxyl groups excluding tert-OH is 8. The van der Waals surface area contributed by atoms with Crippen LogP contribution in [-0.4, -0.2) is 170 Å². The molecule has 1 aliphatic carbocycles. The first-order chi connectivity index (χ1) is 20.2. The molecule has 0 spiro atoms. The topological polar surface area (TPSA) is 370 Å². The minimum atomic E-state index is -1.78. The van der Waals surface area contributed by atoms with Crippen LogP contribution in [0.3, 0.4) is 0 Å². The van der Waals surface area contributed by atoms with Gasteiger partial charge in [0.15, 0.2) is 18.5 Å². The van der Waals surface area contributed by atoms with Crippen LogP contribution in [0.15, 0.2) is 4.99 Å². The predicted octanol–water partition coefficient (Wildman–Crippen LogP) is -9.11. The predicted molar refractivity (Wildman–Crippen MR) is 143 cm³/mol. The van der Waals surface area contributed by atoms with Gasteiger partial charge in [-0.05, 0) is 6.42 Å². The van der Waals surface area contributed by atoms with E-state index < -0.39 is 110 Å². The molecule has 0 radical (unpaired) electrons. The Hall–Kier alpha value is -1.86. The van der Waals surface area contributed by atoms with Gasteiger partial charge < -0.3 is 93.8 Å². The van der Waals surface area contributed by atoms with Gasteiger partial charge >= 0.3 is 0 Å². The molecule has 3 fully saturated rings. The van der Waals surface area contributed by atoms with E-state index in [4.69, 9.17) is 47.6 Å². The zero-order valence-electron chi connectivity index (χ0n) is 23.2. The maximum atomic E-state index is 12.8. The van der Waals surface area contributed by atoms with Crippen molar-refractivity contribution < 1.29 is 64.6 Å². The number of nitrogens with one attached hydrogen (secondary N) is 1. The van der Waals surface area contributed by atoms with Crippen LogP contribution >= 0.6 is 0 Å². The molecule has 0 bridgehead atoms. The van der Waals surface area contributed by atoms with Gasteiger partial charge in [0.2, 0.25) is 5.91 Å². The summed E-state index contributed by atoms with van der Waals surface area (Å²) in [6.07, 6.45) is -20.3. The number of carbonyl (C=O) groups is 1. The molecular formula is C23H45N7O13. The van der Waals surface area contributed by atoms with Gasteiger partial charge in [0.1, 0.15) is 67.1 Å². The molecule has 43 heavy (non-hydrogen) atoms. The Morgan fingerprint density at radius 1 is 0.884 bits per heavy atom. The van der Waals surface area contributed by atoms with Crippen LogP contribution in [-0.2, 0) is 23.7 Å². The van der Waals surface area contributed by atoms with Crippen molar-refractivity contribution in [3.8, 4) is 0 Å². The highest BCUT2D eigenvalue weighted by molar-refractivity contribution is 5.81. The molecule has 2 heterocycles. The van der Waals surface area contributed by atoms with Crippen molar-refractivity contribution in [2.45, 2.75) is 111 Å². The molecule has 0 aromatic heterocycles. The monoisotopic (exact) mass is 627 g/mol. The summed E-state index contributed by atoms with van der Waals surface area (Å²) >= 11 is 0. The average Bonchev–Trinajstić information content (AvgIpc) is 2.96. The summed E-state index contributed by atoms with van der Waals surface area (Å²) in [6.45, 7) is -1.01. The highest BCUT2D eigenvalue weighted by atomic mass is 16.7. The Labute approximate surface area is 246 Å². The fourth-order valence-corrected chi connectivity index (χ4v) is 5.23. The maximum absolute atomic E-state index is 12.8. The van der Waals surface area contributed by atoms with E-state index in [-0.39, 0.29) is 31.9 Å². The zero-order chi connectivity index (χ0) is 32.2.